The van der Waals surface area contributed by atoms with Crippen LogP contribution in [0.3, 0.4) is 0 Å². The number of carbonyl (C=O) groups is 1. The quantitative estimate of drug-likeness (QED) is 0.595. The summed E-state index contributed by atoms with van der Waals surface area (Å²) in [6.45, 7) is 2.46. The maximum Gasteiger partial charge on any atom is 0.314 e. The highest BCUT2D eigenvalue weighted by atomic mass is 16.6. The molecule has 3 rings (SSSR count). The summed E-state index contributed by atoms with van der Waals surface area (Å²) in [5.74, 6) is 1.08. The largest absolute Gasteiger partial charge is 0.490 e. The molecule has 0 atom stereocenters. The Balaban J connectivity index is 1.87. The average molecular weight is 290 g/mol. The van der Waals surface area contributed by atoms with E-state index in [1.807, 2.05) is 25.1 Å². The van der Waals surface area contributed by atoms with Crippen molar-refractivity contribution in [2.45, 2.75) is 44.6 Å². The van der Waals surface area contributed by atoms with Gasteiger partial charge in [-0.3, -0.25) is 4.79 Å². The molecule has 1 aromatic carbocycles. The van der Waals surface area contributed by atoms with Crippen LogP contribution in [0.1, 0.15) is 44.6 Å². The molecule has 4 heteroatoms. The number of rotatable bonds is 6. The number of benzene rings is 1. The molecule has 2 aliphatic carbocycles. The number of methoxy groups -OCH3 is 1. The third-order valence-electron chi connectivity index (χ3n) is 4.44. The number of hydrogen-bond donors (Lipinski definition) is 0. The molecule has 114 valence electrons. The van der Waals surface area contributed by atoms with Crippen molar-refractivity contribution in [2.75, 3.05) is 13.7 Å². The van der Waals surface area contributed by atoms with Crippen molar-refractivity contribution in [3.8, 4) is 11.5 Å². The van der Waals surface area contributed by atoms with E-state index in [0.717, 1.165) is 37.7 Å². The first-order chi connectivity index (χ1) is 10.2. The van der Waals surface area contributed by atoms with Crippen LogP contribution in [0.4, 0.5) is 0 Å². The molecule has 0 radical (unpaired) electrons. The standard InChI is InChI=1S/C17H22O4/c1-3-20-14-8-7-13(17(19-2)9-4-10-17)11-15(14)21-16(18)12-5-6-12/h7-8,11-12H,3-6,9-10H2,1-2H3. The van der Waals surface area contributed by atoms with Crippen LogP contribution >= 0.6 is 0 Å². The minimum absolute atomic E-state index is 0.0724. The molecular weight excluding hydrogens is 268 g/mol. The minimum atomic E-state index is -0.217. The number of carbonyl (C=O) groups excluding carboxylic acids is 1. The average Bonchev–Trinajstić information content (AvgIpc) is 3.25. The van der Waals surface area contributed by atoms with Crippen molar-refractivity contribution in [3.63, 3.8) is 0 Å². The fourth-order valence-corrected chi connectivity index (χ4v) is 2.77. The number of esters is 1. The van der Waals surface area contributed by atoms with Gasteiger partial charge in [0, 0.05) is 7.11 Å². The molecule has 2 fully saturated rings. The second kappa shape index (κ2) is 5.68. The molecular formula is C17H22O4. The molecule has 0 unspecified atom stereocenters. The maximum absolute atomic E-state index is 11.9. The van der Waals surface area contributed by atoms with Crippen molar-refractivity contribution >= 4 is 5.97 Å². The number of hydrogen-bond acceptors (Lipinski definition) is 4. The molecule has 0 saturated heterocycles. The summed E-state index contributed by atoms with van der Waals surface area (Å²) in [6.07, 6.45) is 5.05. The topological polar surface area (TPSA) is 44.8 Å². The summed E-state index contributed by atoms with van der Waals surface area (Å²) in [5.41, 5.74) is 0.851. The summed E-state index contributed by atoms with van der Waals surface area (Å²) in [5, 5.41) is 0. The Labute approximate surface area is 125 Å². The predicted molar refractivity (Wildman–Crippen MR) is 78.5 cm³/mol. The Kier molecular flexibility index (Phi) is 3.89. The molecule has 1 aromatic rings. The Hall–Kier alpha value is -1.55. The molecule has 0 aliphatic heterocycles. The van der Waals surface area contributed by atoms with Crippen LogP contribution in [0.25, 0.3) is 0 Å². The van der Waals surface area contributed by atoms with E-state index in [2.05, 4.69) is 0 Å². The summed E-state index contributed by atoms with van der Waals surface area (Å²) >= 11 is 0. The van der Waals surface area contributed by atoms with Gasteiger partial charge in [0.2, 0.25) is 0 Å². The van der Waals surface area contributed by atoms with Gasteiger partial charge in [-0.15, -0.1) is 0 Å². The predicted octanol–water partition coefficient (Wildman–Crippen LogP) is 3.43. The highest BCUT2D eigenvalue weighted by molar-refractivity contribution is 5.78. The molecule has 0 bridgehead atoms. The van der Waals surface area contributed by atoms with Crippen LogP contribution in [0.5, 0.6) is 11.5 Å². The van der Waals surface area contributed by atoms with Crippen LogP contribution in [-0.4, -0.2) is 19.7 Å². The van der Waals surface area contributed by atoms with Gasteiger partial charge in [-0.2, -0.15) is 0 Å². The maximum atomic E-state index is 11.9. The van der Waals surface area contributed by atoms with E-state index in [0.29, 0.717) is 18.1 Å². The SMILES string of the molecule is CCOc1ccc(C2(OC)CCC2)cc1OC(=O)C1CC1. The normalized spacial score (nSPS) is 19.7. The highest BCUT2D eigenvalue weighted by Gasteiger charge is 2.39. The first kappa shape index (κ1) is 14.4. The third kappa shape index (κ3) is 2.77. The molecule has 21 heavy (non-hydrogen) atoms. The summed E-state index contributed by atoms with van der Waals surface area (Å²) in [6, 6.07) is 5.81. The van der Waals surface area contributed by atoms with Gasteiger partial charge in [-0.05, 0) is 56.7 Å². The summed E-state index contributed by atoms with van der Waals surface area (Å²) in [7, 11) is 1.74. The summed E-state index contributed by atoms with van der Waals surface area (Å²) in [4.78, 5) is 11.9. The van der Waals surface area contributed by atoms with Crippen molar-refractivity contribution in [1.82, 2.24) is 0 Å². The molecule has 4 nitrogen and oxygen atoms in total. The monoisotopic (exact) mass is 290 g/mol. The van der Waals surface area contributed by atoms with Gasteiger partial charge >= 0.3 is 5.97 Å². The van der Waals surface area contributed by atoms with Gasteiger partial charge in [0.05, 0.1) is 18.1 Å². The van der Waals surface area contributed by atoms with E-state index in [4.69, 9.17) is 14.2 Å². The zero-order chi connectivity index (χ0) is 14.9. The lowest BCUT2D eigenvalue weighted by atomic mass is 9.75. The van der Waals surface area contributed by atoms with Crippen LogP contribution in [0.2, 0.25) is 0 Å². The Morgan fingerprint density at radius 2 is 2.05 bits per heavy atom. The van der Waals surface area contributed by atoms with Gasteiger partial charge in [-0.1, -0.05) is 6.07 Å². The van der Waals surface area contributed by atoms with E-state index >= 15 is 0 Å². The zero-order valence-electron chi connectivity index (χ0n) is 12.7. The van der Waals surface area contributed by atoms with Crippen molar-refractivity contribution in [2.24, 2.45) is 5.92 Å². The second-order valence-electron chi connectivity index (χ2n) is 5.84. The second-order valence-corrected chi connectivity index (χ2v) is 5.84. The van der Waals surface area contributed by atoms with E-state index in [9.17, 15) is 4.79 Å². The van der Waals surface area contributed by atoms with E-state index in [1.165, 1.54) is 0 Å². The minimum Gasteiger partial charge on any atom is -0.490 e. The number of ether oxygens (including phenoxy) is 3. The smallest absolute Gasteiger partial charge is 0.314 e. The Morgan fingerprint density at radius 1 is 1.29 bits per heavy atom. The van der Waals surface area contributed by atoms with Crippen LogP contribution < -0.4 is 9.47 Å². The Bertz CT molecular complexity index is 524. The molecule has 0 heterocycles. The molecule has 0 spiro atoms. The molecule has 2 aliphatic rings. The van der Waals surface area contributed by atoms with E-state index < -0.39 is 0 Å². The highest BCUT2D eigenvalue weighted by Crippen LogP contribution is 2.46. The van der Waals surface area contributed by atoms with Gasteiger partial charge in [-0.25, -0.2) is 0 Å². The third-order valence-corrected chi connectivity index (χ3v) is 4.44. The van der Waals surface area contributed by atoms with E-state index in [1.54, 1.807) is 7.11 Å². The van der Waals surface area contributed by atoms with Gasteiger partial charge in [0.15, 0.2) is 11.5 Å². The van der Waals surface area contributed by atoms with Crippen molar-refractivity contribution in [1.29, 1.82) is 0 Å². The van der Waals surface area contributed by atoms with Crippen LogP contribution in [-0.2, 0) is 15.1 Å². The zero-order valence-corrected chi connectivity index (χ0v) is 12.7. The fraction of sp³-hybridized carbons (Fsp3) is 0.588. The lowest BCUT2D eigenvalue weighted by Crippen LogP contribution is -2.36. The molecule has 0 aromatic heterocycles. The van der Waals surface area contributed by atoms with Crippen molar-refractivity contribution < 1.29 is 19.0 Å². The lowest BCUT2D eigenvalue weighted by molar-refractivity contribution is -0.135. The first-order valence-electron chi connectivity index (χ1n) is 7.72. The fourth-order valence-electron chi connectivity index (χ4n) is 2.77. The van der Waals surface area contributed by atoms with Crippen LogP contribution in [0.15, 0.2) is 18.2 Å². The van der Waals surface area contributed by atoms with E-state index in [-0.39, 0.29) is 17.5 Å². The molecule has 2 saturated carbocycles. The van der Waals surface area contributed by atoms with Gasteiger partial charge in [0.25, 0.3) is 0 Å². The van der Waals surface area contributed by atoms with Gasteiger partial charge in [0.1, 0.15) is 0 Å². The van der Waals surface area contributed by atoms with Gasteiger partial charge < -0.3 is 14.2 Å². The van der Waals surface area contributed by atoms with Crippen molar-refractivity contribution in [3.05, 3.63) is 23.8 Å². The Morgan fingerprint density at radius 3 is 2.57 bits per heavy atom. The molecule has 0 N–H and O–H groups in total. The molecule has 0 amide bonds. The van der Waals surface area contributed by atoms with Crippen LogP contribution in [0, 0.1) is 5.92 Å². The summed E-state index contributed by atoms with van der Waals surface area (Å²) < 4.78 is 16.8. The lowest BCUT2D eigenvalue weighted by Gasteiger charge is -2.41. The first-order valence-corrected chi connectivity index (χ1v) is 7.72.